The number of rotatable bonds is 0. The largest absolute Gasteiger partial charge is 0.505 e. The van der Waals surface area contributed by atoms with E-state index in [1.165, 1.54) is 45.2 Å². The number of phenolic OH excluding ortho intramolecular Hbond substituents is 1. The molecular formula is C6HF3I2O. The summed E-state index contributed by atoms with van der Waals surface area (Å²) in [4.78, 5) is 0. The third kappa shape index (κ3) is 1.50. The first-order valence-corrected chi connectivity index (χ1v) is 4.83. The van der Waals surface area contributed by atoms with E-state index in [2.05, 4.69) is 0 Å². The lowest BCUT2D eigenvalue weighted by atomic mass is 10.3. The number of benzene rings is 1. The monoisotopic (exact) mass is 400 g/mol. The number of hydrogen-bond donors (Lipinski definition) is 1. The summed E-state index contributed by atoms with van der Waals surface area (Å²) >= 11 is 2.80. The normalized spacial score (nSPS) is 10.4. The second-order valence-electron chi connectivity index (χ2n) is 1.92. The van der Waals surface area contributed by atoms with E-state index in [-0.39, 0.29) is 7.14 Å². The van der Waals surface area contributed by atoms with Gasteiger partial charge in [0.25, 0.3) is 0 Å². The Kier molecular flexibility index (Phi) is 3.07. The molecule has 1 nitrogen and oxygen atoms in total. The van der Waals surface area contributed by atoms with E-state index in [0.717, 1.165) is 0 Å². The van der Waals surface area contributed by atoms with Crippen LogP contribution in [0.5, 0.6) is 5.75 Å². The highest BCUT2D eigenvalue weighted by atomic mass is 127. The second-order valence-corrected chi connectivity index (χ2v) is 4.08. The topological polar surface area (TPSA) is 20.2 Å². The van der Waals surface area contributed by atoms with Crippen LogP contribution in [0.1, 0.15) is 0 Å². The van der Waals surface area contributed by atoms with E-state index in [0.29, 0.717) is 0 Å². The fourth-order valence-electron chi connectivity index (χ4n) is 0.593. The third-order valence-corrected chi connectivity index (χ3v) is 3.16. The maximum Gasteiger partial charge on any atom is 0.196 e. The summed E-state index contributed by atoms with van der Waals surface area (Å²) in [5.74, 6) is -4.83. The molecule has 6 heteroatoms. The highest BCUT2D eigenvalue weighted by molar-refractivity contribution is 14.1. The molecule has 1 N–H and O–H groups in total. The fraction of sp³-hybridized carbons (Fsp3) is 0. The molecule has 0 amide bonds. The van der Waals surface area contributed by atoms with Gasteiger partial charge in [0.15, 0.2) is 17.5 Å². The Bertz CT molecular complexity index is 235. The van der Waals surface area contributed by atoms with Gasteiger partial charge in [-0.1, -0.05) is 0 Å². The first kappa shape index (κ1) is 10.4. The maximum atomic E-state index is 12.6. The molecule has 0 saturated heterocycles. The van der Waals surface area contributed by atoms with Gasteiger partial charge in [-0.25, -0.2) is 13.2 Å². The van der Waals surface area contributed by atoms with Gasteiger partial charge in [-0.15, -0.1) is 0 Å². The molecule has 0 atom stereocenters. The second kappa shape index (κ2) is 3.56. The van der Waals surface area contributed by atoms with E-state index in [4.69, 9.17) is 5.11 Å². The first-order valence-electron chi connectivity index (χ1n) is 2.67. The van der Waals surface area contributed by atoms with E-state index < -0.39 is 23.2 Å². The zero-order chi connectivity index (χ0) is 9.46. The van der Waals surface area contributed by atoms with Gasteiger partial charge in [0, 0.05) is 0 Å². The summed E-state index contributed by atoms with van der Waals surface area (Å²) in [5.41, 5.74) is 0. The van der Waals surface area contributed by atoms with Crippen molar-refractivity contribution in [2.75, 3.05) is 0 Å². The Balaban J connectivity index is 3.60. The molecule has 0 spiro atoms. The van der Waals surface area contributed by atoms with Gasteiger partial charge >= 0.3 is 0 Å². The lowest BCUT2D eigenvalue weighted by molar-refractivity contribution is 0.407. The standard InChI is InChI=1S/C6HF3I2O/c7-1-2(8)4(10)6(12)5(11)3(1)9/h12H. The maximum absolute atomic E-state index is 12.6. The molecule has 0 fully saturated rings. The van der Waals surface area contributed by atoms with E-state index in [1.54, 1.807) is 0 Å². The van der Waals surface area contributed by atoms with Crippen LogP contribution in [0.4, 0.5) is 13.2 Å². The Morgan fingerprint density at radius 3 is 1.50 bits per heavy atom. The molecule has 12 heavy (non-hydrogen) atoms. The minimum absolute atomic E-state index is 0.309. The van der Waals surface area contributed by atoms with Crippen LogP contribution in [0, 0.1) is 24.6 Å². The zero-order valence-corrected chi connectivity index (χ0v) is 9.65. The van der Waals surface area contributed by atoms with Gasteiger partial charge in [-0.05, 0) is 45.2 Å². The lowest BCUT2D eigenvalue weighted by Crippen LogP contribution is -1.98. The molecule has 0 aromatic heterocycles. The number of hydrogen-bond acceptors (Lipinski definition) is 1. The molecule has 66 valence electrons. The molecule has 0 aliphatic heterocycles. The average molecular weight is 400 g/mol. The summed E-state index contributed by atoms with van der Waals surface area (Å²) in [6.07, 6.45) is 0. The highest BCUT2D eigenvalue weighted by Gasteiger charge is 2.21. The predicted molar refractivity (Wildman–Crippen MR) is 53.4 cm³/mol. The molecule has 0 unspecified atom stereocenters. The van der Waals surface area contributed by atoms with E-state index in [9.17, 15) is 13.2 Å². The van der Waals surface area contributed by atoms with Gasteiger partial charge in [-0.3, -0.25) is 0 Å². The van der Waals surface area contributed by atoms with Crippen molar-refractivity contribution in [1.82, 2.24) is 0 Å². The smallest absolute Gasteiger partial charge is 0.196 e. The Hall–Kier alpha value is 0.270. The van der Waals surface area contributed by atoms with Crippen LogP contribution in [0.3, 0.4) is 0 Å². The summed E-state index contributed by atoms with van der Waals surface area (Å²) in [7, 11) is 0. The van der Waals surface area contributed by atoms with Crippen molar-refractivity contribution in [2.24, 2.45) is 0 Å². The molecule has 1 rings (SSSR count). The Morgan fingerprint density at radius 2 is 1.17 bits per heavy atom. The SMILES string of the molecule is Oc1c(I)c(F)c(F)c(F)c1I. The highest BCUT2D eigenvalue weighted by Crippen LogP contribution is 2.32. The van der Waals surface area contributed by atoms with E-state index in [1.807, 2.05) is 0 Å². The van der Waals surface area contributed by atoms with Crippen LogP contribution in [0.15, 0.2) is 0 Å². The molecule has 0 heterocycles. The van der Waals surface area contributed by atoms with Crippen LogP contribution < -0.4 is 0 Å². The number of halogens is 5. The molecule has 0 saturated carbocycles. The van der Waals surface area contributed by atoms with Crippen molar-refractivity contribution in [2.45, 2.75) is 0 Å². The molecule has 1 aromatic carbocycles. The Labute approximate surface area is 93.2 Å². The molecule has 1 aromatic rings. The van der Waals surface area contributed by atoms with Crippen LogP contribution in [0.25, 0.3) is 0 Å². The van der Waals surface area contributed by atoms with Crippen molar-refractivity contribution >= 4 is 45.2 Å². The van der Waals surface area contributed by atoms with Gasteiger partial charge in [0.2, 0.25) is 0 Å². The van der Waals surface area contributed by atoms with Crippen molar-refractivity contribution < 1.29 is 18.3 Å². The lowest BCUT2D eigenvalue weighted by Gasteiger charge is -2.03. The number of phenols is 1. The van der Waals surface area contributed by atoms with Crippen molar-refractivity contribution in [3.63, 3.8) is 0 Å². The molecule has 0 aliphatic carbocycles. The minimum atomic E-state index is -1.55. The molecule has 0 radical (unpaired) electrons. The van der Waals surface area contributed by atoms with Crippen LogP contribution in [-0.2, 0) is 0 Å². The van der Waals surface area contributed by atoms with Crippen molar-refractivity contribution in [3.8, 4) is 5.75 Å². The Morgan fingerprint density at radius 1 is 0.833 bits per heavy atom. The average Bonchev–Trinajstić information content (AvgIpc) is 2.08. The van der Waals surface area contributed by atoms with Crippen LogP contribution in [0.2, 0.25) is 0 Å². The van der Waals surface area contributed by atoms with Gasteiger partial charge in [0.05, 0.1) is 7.14 Å². The van der Waals surface area contributed by atoms with Gasteiger partial charge in [-0.2, -0.15) is 0 Å². The molecule has 0 bridgehead atoms. The fourth-order valence-corrected chi connectivity index (χ4v) is 2.12. The summed E-state index contributed by atoms with van der Waals surface area (Å²) in [6, 6.07) is 0. The van der Waals surface area contributed by atoms with E-state index >= 15 is 0 Å². The first-order chi connectivity index (χ1) is 5.46. The van der Waals surface area contributed by atoms with Crippen LogP contribution in [-0.4, -0.2) is 5.11 Å². The predicted octanol–water partition coefficient (Wildman–Crippen LogP) is 3.02. The van der Waals surface area contributed by atoms with Crippen molar-refractivity contribution in [3.05, 3.63) is 24.6 Å². The summed E-state index contributed by atoms with van der Waals surface area (Å²) in [5, 5.41) is 9.03. The summed E-state index contributed by atoms with van der Waals surface area (Å²) < 4.78 is 37.2. The third-order valence-electron chi connectivity index (χ3n) is 1.19. The zero-order valence-electron chi connectivity index (χ0n) is 5.34. The minimum Gasteiger partial charge on any atom is -0.505 e. The number of aromatic hydroxyl groups is 1. The van der Waals surface area contributed by atoms with Gasteiger partial charge < -0.3 is 5.11 Å². The quantitative estimate of drug-likeness (QED) is 0.404. The summed E-state index contributed by atoms with van der Waals surface area (Å²) in [6.45, 7) is 0. The van der Waals surface area contributed by atoms with Crippen molar-refractivity contribution in [1.29, 1.82) is 0 Å². The van der Waals surface area contributed by atoms with Gasteiger partial charge in [0.1, 0.15) is 5.75 Å². The van der Waals surface area contributed by atoms with Crippen LogP contribution >= 0.6 is 45.2 Å². The molecule has 0 aliphatic rings. The molecular weight excluding hydrogens is 399 g/mol.